The second-order valence-electron chi connectivity index (χ2n) is 13.9. The number of aliphatic carboxylic acids is 2. The van der Waals surface area contributed by atoms with Crippen LogP contribution in [0.3, 0.4) is 0 Å². The summed E-state index contributed by atoms with van der Waals surface area (Å²) in [7, 11) is 0. The van der Waals surface area contributed by atoms with E-state index in [1.54, 1.807) is 6.08 Å². The molecule has 14 heteroatoms. The first-order valence-electron chi connectivity index (χ1n) is 17.0. The van der Waals surface area contributed by atoms with Gasteiger partial charge in [0.15, 0.2) is 11.2 Å². The Labute approximate surface area is 301 Å². The molecule has 2 aliphatic rings. The van der Waals surface area contributed by atoms with Crippen molar-refractivity contribution in [2.24, 2.45) is 23.7 Å². The number of aromatic nitrogens is 1. The van der Waals surface area contributed by atoms with Crippen molar-refractivity contribution < 1.29 is 53.8 Å². The predicted molar refractivity (Wildman–Crippen MR) is 187 cm³/mol. The third kappa shape index (κ3) is 7.65. The van der Waals surface area contributed by atoms with E-state index in [4.69, 9.17) is 19.9 Å². The molecule has 0 saturated carbocycles. The zero-order chi connectivity index (χ0) is 37.9. The van der Waals surface area contributed by atoms with Crippen molar-refractivity contribution in [1.82, 2.24) is 4.98 Å². The second-order valence-corrected chi connectivity index (χ2v) is 14.8. The molecule has 2 bridgehead atoms. The standard InChI is InChI=1S/C37H48N2O11S/c1-7-20(2)17-21(3)13-14-27(41)48-31-29(42)35(16-15-22(4)28(24(6)40)23(5)18-25-11-9-8-10-12-25)49-30(26-19-51-34(38)39-26)36(47,32(43)44)37(31,50-35)33(45)46/h8-14,19-21,23,28-31,42,47H,4,7,15-18H2,1-3,5-6H3,(H2,38,39)(H,43,44)(H,45,46)/b14-13+/t20-,21+,23+,28+,29+,30+,31+,35-,36+,37-/m0/s1. The lowest BCUT2D eigenvalue weighted by Crippen LogP contribution is -2.74. The highest BCUT2D eigenvalue weighted by Crippen LogP contribution is 2.59. The lowest BCUT2D eigenvalue weighted by Gasteiger charge is -2.49. The average Bonchev–Trinajstić information content (AvgIpc) is 3.59. The number of Topliss-reactive ketones (excluding diaryl/α,β-unsaturated/α-hetero) is 1. The molecule has 0 unspecified atom stereocenters. The monoisotopic (exact) mass is 728 g/mol. The van der Waals surface area contributed by atoms with E-state index in [2.05, 4.69) is 18.5 Å². The zero-order valence-electron chi connectivity index (χ0n) is 29.5. The van der Waals surface area contributed by atoms with Crippen molar-refractivity contribution >= 4 is 40.2 Å². The van der Waals surface area contributed by atoms with Crippen molar-refractivity contribution in [2.75, 3.05) is 5.73 Å². The van der Waals surface area contributed by atoms with Crippen molar-refractivity contribution in [3.05, 3.63) is 71.3 Å². The summed E-state index contributed by atoms with van der Waals surface area (Å²) in [6.07, 6.45) is -2.08. The van der Waals surface area contributed by atoms with Crippen molar-refractivity contribution in [3.63, 3.8) is 0 Å². The number of hydrogen-bond acceptors (Lipinski definition) is 12. The Morgan fingerprint density at radius 1 is 1.14 bits per heavy atom. The topological polar surface area (TPSA) is 216 Å². The largest absolute Gasteiger partial charge is 0.479 e. The number of benzene rings is 1. The van der Waals surface area contributed by atoms with Crippen LogP contribution in [-0.2, 0) is 39.8 Å². The lowest BCUT2D eigenvalue weighted by atomic mass is 9.74. The summed E-state index contributed by atoms with van der Waals surface area (Å²) in [4.78, 5) is 56.6. The second kappa shape index (κ2) is 15.7. The van der Waals surface area contributed by atoms with Crippen LogP contribution < -0.4 is 5.73 Å². The maximum atomic E-state index is 13.3. The van der Waals surface area contributed by atoms with Crippen LogP contribution >= 0.6 is 11.3 Å². The molecule has 4 rings (SSSR count). The summed E-state index contributed by atoms with van der Waals surface area (Å²) in [5.74, 6) is -8.36. The number of hydrogen-bond donors (Lipinski definition) is 5. The van der Waals surface area contributed by atoms with Gasteiger partial charge in [0, 0.05) is 23.8 Å². The lowest BCUT2D eigenvalue weighted by molar-refractivity contribution is -0.383. The number of carboxylic acids is 2. The van der Waals surface area contributed by atoms with Crippen molar-refractivity contribution in [1.29, 1.82) is 0 Å². The third-order valence-corrected chi connectivity index (χ3v) is 10.8. The number of carbonyl (C=O) groups excluding carboxylic acids is 2. The normalized spacial score (nSPS) is 29.6. The number of rotatable bonds is 17. The summed E-state index contributed by atoms with van der Waals surface area (Å²) < 4.78 is 17.6. The Morgan fingerprint density at radius 2 is 1.80 bits per heavy atom. The maximum Gasteiger partial charge on any atom is 0.344 e. The van der Waals surface area contributed by atoms with Gasteiger partial charge in [0.2, 0.25) is 17.0 Å². The summed E-state index contributed by atoms with van der Waals surface area (Å²) >= 11 is 0.882. The van der Waals surface area contributed by atoms with Gasteiger partial charge < -0.3 is 40.4 Å². The fraction of sp³-hybridized carbons (Fsp3) is 0.541. The van der Waals surface area contributed by atoms with Crippen LogP contribution in [0, 0.1) is 23.7 Å². The first-order chi connectivity index (χ1) is 23.9. The summed E-state index contributed by atoms with van der Waals surface area (Å²) in [5.41, 5.74) is 0.219. The SMILES string of the molecule is C=C(CC[C@]12O[C@H](c3csc(N)n3)[C@@](O)(C(=O)O)[C@](C(=O)O)(O1)[C@H](OC(=O)/C=C/[C@@H](C)C[C@@H](C)CC)[C@H]2O)[C@@H](C(C)=O)[C@H](C)Cc1ccccc1. The number of esters is 1. The van der Waals surface area contributed by atoms with Crippen LogP contribution in [-0.4, -0.2) is 78.3 Å². The maximum absolute atomic E-state index is 13.3. The van der Waals surface area contributed by atoms with Crippen LogP contribution in [0.25, 0.3) is 0 Å². The molecule has 10 atom stereocenters. The van der Waals surface area contributed by atoms with Crippen molar-refractivity contribution in [3.8, 4) is 0 Å². The number of aliphatic hydroxyl groups is 2. The number of allylic oxidation sites excluding steroid dienone is 2. The van der Waals surface area contributed by atoms with E-state index < -0.39 is 59.1 Å². The molecular formula is C37H48N2O11S. The van der Waals surface area contributed by atoms with E-state index in [-0.39, 0.29) is 41.3 Å². The van der Waals surface area contributed by atoms with E-state index in [0.717, 1.165) is 35.8 Å². The van der Waals surface area contributed by atoms with Gasteiger partial charge >= 0.3 is 17.9 Å². The molecular weight excluding hydrogens is 680 g/mol. The Kier molecular flexibility index (Phi) is 12.3. The van der Waals surface area contributed by atoms with E-state index >= 15 is 0 Å². The van der Waals surface area contributed by atoms with Crippen molar-refractivity contribution in [2.45, 2.75) is 102 Å². The fourth-order valence-electron chi connectivity index (χ4n) is 7.38. The molecule has 0 radical (unpaired) electrons. The molecule has 51 heavy (non-hydrogen) atoms. The Balaban J connectivity index is 1.75. The minimum absolute atomic E-state index is 0.0381. The minimum atomic E-state index is -3.50. The Bertz CT molecular complexity index is 1650. The minimum Gasteiger partial charge on any atom is -0.479 e. The number of carbonyl (C=O) groups is 4. The number of ether oxygens (including phenoxy) is 3. The highest BCUT2D eigenvalue weighted by atomic mass is 32.1. The number of thiazole rings is 1. The van der Waals surface area contributed by atoms with Crippen LogP contribution in [0.2, 0.25) is 0 Å². The van der Waals surface area contributed by atoms with E-state index in [1.807, 2.05) is 51.1 Å². The quantitative estimate of drug-likeness (QED) is 0.0864. The van der Waals surface area contributed by atoms with Crippen LogP contribution in [0.5, 0.6) is 0 Å². The molecule has 13 nitrogen and oxygen atoms in total. The molecule has 2 fully saturated rings. The van der Waals surface area contributed by atoms with Crippen LogP contribution in [0.15, 0.2) is 60.0 Å². The number of nitrogens with two attached hydrogens (primary N) is 1. The van der Waals surface area contributed by atoms with Gasteiger partial charge in [-0.3, -0.25) is 4.79 Å². The van der Waals surface area contributed by atoms with Gasteiger partial charge in [-0.05, 0) is 49.5 Å². The highest BCUT2D eigenvalue weighted by molar-refractivity contribution is 7.13. The molecule has 3 heterocycles. The number of aliphatic hydroxyl groups excluding tert-OH is 1. The van der Waals surface area contributed by atoms with E-state index in [0.29, 0.717) is 17.9 Å². The molecule has 1 aromatic heterocycles. The number of anilines is 1. The summed E-state index contributed by atoms with van der Waals surface area (Å²) in [5, 5.41) is 46.4. The first-order valence-corrected chi connectivity index (χ1v) is 17.9. The molecule has 0 aliphatic carbocycles. The molecule has 0 spiro atoms. The van der Waals surface area contributed by atoms with Crippen LogP contribution in [0.1, 0.15) is 77.7 Å². The van der Waals surface area contributed by atoms with Gasteiger partial charge in [0.1, 0.15) is 18.0 Å². The number of nitrogens with zero attached hydrogens (tertiary/aromatic N) is 1. The van der Waals surface area contributed by atoms with Gasteiger partial charge in [-0.2, -0.15) is 0 Å². The van der Waals surface area contributed by atoms with Gasteiger partial charge in [-0.1, -0.05) is 82.7 Å². The molecule has 2 aromatic rings. The molecule has 2 saturated heterocycles. The average molecular weight is 729 g/mol. The smallest absolute Gasteiger partial charge is 0.344 e. The van der Waals surface area contributed by atoms with E-state index in [1.165, 1.54) is 12.3 Å². The third-order valence-electron chi connectivity index (χ3n) is 10.1. The molecule has 0 amide bonds. The molecule has 278 valence electrons. The zero-order valence-corrected chi connectivity index (χ0v) is 30.3. The van der Waals surface area contributed by atoms with Crippen LogP contribution in [0.4, 0.5) is 5.13 Å². The van der Waals surface area contributed by atoms with Gasteiger partial charge in [0.05, 0.1) is 5.69 Å². The highest BCUT2D eigenvalue weighted by Gasteiger charge is 2.85. The Morgan fingerprint density at radius 3 is 2.35 bits per heavy atom. The molecule has 6 N–H and O–H groups in total. The van der Waals surface area contributed by atoms with Gasteiger partial charge in [-0.25, -0.2) is 19.4 Å². The van der Waals surface area contributed by atoms with Gasteiger partial charge in [0.25, 0.3) is 0 Å². The van der Waals surface area contributed by atoms with Gasteiger partial charge in [-0.15, -0.1) is 11.3 Å². The molecule has 1 aromatic carbocycles. The molecule has 2 aliphatic heterocycles. The Hall–Kier alpha value is -3.95. The number of nitrogen functional groups attached to an aromatic ring is 1. The fourth-order valence-corrected chi connectivity index (χ4v) is 7.96. The predicted octanol–water partition coefficient (Wildman–Crippen LogP) is 4.48. The number of carboxylic acid groups (broad SMARTS) is 2. The number of fused-ring (bicyclic) bond motifs is 2. The van der Waals surface area contributed by atoms with E-state index in [9.17, 15) is 39.6 Å². The number of ketones is 1. The summed E-state index contributed by atoms with van der Waals surface area (Å²) in [6, 6.07) is 9.56. The summed E-state index contributed by atoms with van der Waals surface area (Å²) in [6.45, 7) is 13.5. The first kappa shape index (κ1) is 39.8.